The Hall–Kier alpha value is -0.340. The predicted molar refractivity (Wildman–Crippen MR) is 42.2 cm³/mol. The number of ether oxygens (including phenoxy) is 1. The summed E-state index contributed by atoms with van der Waals surface area (Å²) in [6.07, 6.45) is 7.40. The quantitative estimate of drug-likeness (QED) is 0.613. The molecule has 2 bridgehead atoms. The van der Waals surface area contributed by atoms with E-state index in [1.165, 1.54) is 12.8 Å². The van der Waals surface area contributed by atoms with Gasteiger partial charge in [-0.3, -0.25) is 0 Å². The molecule has 0 saturated heterocycles. The third-order valence-electron chi connectivity index (χ3n) is 2.64. The van der Waals surface area contributed by atoms with E-state index in [4.69, 9.17) is 9.84 Å². The molecule has 62 valence electrons. The van der Waals surface area contributed by atoms with Gasteiger partial charge in [0, 0.05) is 5.92 Å². The maximum absolute atomic E-state index is 8.55. The average Bonchev–Trinajstić information content (AvgIpc) is 2.60. The molecule has 2 aliphatic carbocycles. The molecule has 3 atom stereocenters. The Labute approximate surface area is 66.9 Å². The predicted octanol–water partition coefficient (Wildman–Crippen LogP) is 0.960. The highest BCUT2D eigenvalue weighted by Gasteiger charge is 2.35. The molecule has 0 radical (unpaired) electrons. The highest BCUT2D eigenvalue weighted by molar-refractivity contribution is 5.10. The zero-order valence-corrected chi connectivity index (χ0v) is 6.57. The van der Waals surface area contributed by atoms with Crippen molar-refractivity contribution in [1.82, 2.24) is 0 Å². The lowest BCUT2D eigenvalue weighted by Crippen LogP contribution is -2.19. The molecular weight excluding hydrogens is 140 g/mol. The monoisotopic (exact) mass is 154 g/mol. The number of hydrogen-bond donors (Lipinski definition) is 1. The van der Waals surface area contributed by atoms with Crippen LogP contribution in [0, 0.1) is 11.8 Å². The Morgan fingerprint density at radius 3 is 2.82 bits per heavy atom. The lowest BCUT2D eigenvalue weighted by molar-refractivity contribution is 0.0152. The van der Waals surface area contributed by atoms with E-state index >= 15 is 0 Å². The summed E-state index contributed by atoms with van der Waals surface area (Å²) in [5.41, 5.74) is 0. The van der Waals surface area contributed by atoms with Crippen molar-refractivity contribution in [1.29, 1.82) is 0 Å². The van der Waals surface area contributed by atoms with Crippen LogP contribution in [-0.4, -0.2) is 24.4 Å². The summed E-state index contributed by atoms with van der Waals surface area (Å²) in [6, 6.07) is 0. The average molecular weight is 154 g/mol. The van der Waals surface area contributed by atoms with Crippen LogP contribution in [0.1, 0.15) is 12.8 Å². The minimum absolute atomic E-state index is 0.150. The fourth-order valence-corrected chi connectivity index (χ4v) is 2.13. The summed E-state index contributed by atoms with van der Waals surface area (Å²) >= 11 is 0. The number of allylic oxidation sites excluding steroid dienone is 1. The molecule has 2 aliphatic rings. The van der Waals surface area contributed by atoms with E-state index in [0.29, 0.717) is 18.6 Å². The smallest absolute Gasteiger partial charge is 0.0701 e. The summed E-state index contributed by atoms with van der Waals surface area (Å²) < 4.78 is 5.48. The number of aliphatic hydroxyl groups excluding tert-OH is 1. The molecule has 2 nitrogen and oxygen atoms in total. The Bertz CT molecular complexity index is 165. The van der Waals surface area contributed by atoms with Crippen LogP contribution < -0.4 is 0 Å². The number of fused-ring (bicyclic) bond motifs is 2. The molecule has 1 saturated carbocycles. The molecule has 0 aromatic heterocycles. The normalized spacial score (nSPS) is 40.3. The van der Waals surface area contributed by atoms with Crippen LogP contribution in [0.15, 0.2) is 12.2 Å². The Kier molecular flexibility index (Phi) is 1.96. The minimum atomic E-state index is 0.150. The van der Waals surface area contributed by atoms with Gasteiger partial charge in [-0.05, 0) is 18.8 Å². The molecule has 0 aromatic carbocycles. The van der Waals surface area contributed by atoms with Crippen LogP contribution in [0.5, 0.6) is 0 Å². The van der Waals surface area contributed by atoms with E-state index in [-0.39, 0.29) is 6.61 Å². The molecule has 0 aliphatic heterocycles. The molecule has 1 N–H and O–H groups in total. The number of aliphatic hydroxyl groups is 1. The Balaban J connectivity index is 1.84. The van der Waals surface area contributed by atoms with E-state index in [0.717, 1.165) is 5.92 Å². The maximum atomic E-state index is 8.55. The van der Waals surface area contributed by atoms with Gasteiger partial charge in [0.25, 0.3) is 0 Å². The van der Waals surface area contributed by atoms with Crippen molar-refractivity contribution in [2.45, 2.75) is 18.9 Å². The standard InChI is InChI=1S/C9H14O2/c10-3-4-11-9-6-7-1-2-8(9)5-7/h1-2,7-10H,3-6H2/t7-,8-,9+/m0/s1. The van der Waals surface area contributed by atoms with E-state index in [1.54, 1.807) is 0 Å². The molecule has 0 amide bonds. The van der Waals surface area contributed by atoms with Crippen LogP contribution >= 0.6 is 0 Å². The van der Waals surface area contributed by atoms with Gasteiger partial charge in [0.2, 0.25) is 0 Å². The van der Waals surface area contributed by atoms with Gasteiger partial charge in [0.15, 0.2) is 0 Å². The molecule has 1 fully saturated rings. The van der Waals surface area contributed by atoms with Gasteiger partial charge in [0.05, 0.1) is 19.3 Å². The Morgan fingerprint density at radius 2 is 2.27 bits per heavy atom. The van der Waals surface area contributed by atoms with Crippen LogP contribution in [0.4, 0.5) is 0 Å². The third-order valence-corrected chi connectivity index (χ3v) is 2.64. The zero-order valence-electron chi connectivity index (χ0n) is 6.57. The first-order chi connectivity index (χ1) is 5.40. The first-order valence-electron chi connectivity index (χ1n) is 4.31. The Morgan fingerprint density at radius 1 is 1.36 bits per heavy atom. The number of rotatable bonds is 3. The SMILES string of the molecule is OCCO[C@@H]1C[C@H]2C=C[C@H]1C2. The van der Waals surface area contributed by atoms with Gasteiger partial charge in [-0.15, -0.1) is 0 Å². The first-order valence-corrected chi connectivity index (χ1v) is 4.31. The minimum Gasteiger partial charge on any atom is -0.394 e. The second kappa shape index (κ2) is 2.95. The highest BCUT2D eigenvalue weighted by Crippen LogP contribution is 2.40. The second-order valence-electron chi connectivity index (χ2n) is 3.41. The van der Waals surface area contributed by atoms with E-state index in [9.17, 15) is 0 Å². The van der Waals surface area contributed by atoms with Crippen molar-refractivity contribution < 1.29 is 9.84 Å². The zero-order chi connectivity index (χ0) is 7.68. The largest absolute Gasteiger partial charge is 0.394 e. The summed E-state index contributed by atoms with van der Waals surface area (Å²) in [4.78, 5) is 0. The second-order valence-corrected chi connectivity index (χ2v) is 3.41. The van der Waals surface area contributed by atoms with Gasteiger partial charge in [-0.2, -0.15) is 0 Å². The lowest BCUT2D eigenvalue weighted by atomic mass is 10.1. The van der Waals surface area contributed by atoms with Gasteiger partial charge in [-0.25, -0.2) is 0 Å². The molecule has 0 unspecified atom stereocenters. The molecule has 0 spiro atoms. The van der Waals surface area contributed by atoms with Gasteiger partial charge in [-0.1, -0.05) is 12.2 Å². The van der Waals surface area contributed by atoms with Crippen molar-refractivity contribution in [3.8, 4) is 0 Å². The molecule has 11 heavy (non-hydrogen) atoms. The number of hydrogen-bond acceptors (Lipinski definition) is 2. The summed E-state index contributed by atoms with van der Waals surface area (Å²) in [5, 5.41) is 8.55. The van der Waals surface area contributed by atoms with Gasteiger partial charge >= 0.3 is 0 Å². The molecule has 0 aromatic rings. The van der Waals surface area contributed by atoms with Gasteiger partial charge < -0.3 is 9.84 Å². The summed E-state index contributed by atoms with van der Waals surface area (Å²) in [5.74, 6) is 1.41. The lowest BCUT2D eigenvalue weighted by Gasteiger charge is -2.17. The third kappa shape index (κ3) is 1.33. The van der Waals surface area contributed by atoms with Crippen LogP contribution in [0.3, 0.4) is 0 Å². The van der Waals surface area contributed by atoms with Crippen LogP contribution in [-0.2, 0) is 4.74 Å². The molecule has 2 heteroatoms. The molecular formula is C9H14O2. The van der Waals surface area contributed by atoms with E-state index in [2.05, 4.69) is 12.2 Å². The van der Waals surface area contributed by atoms with Crippen molar-refractivity contribution in [2.75, 3.05) is 13.2 Å². The molecule has 0 heterocycles. The van der Waals surface area contributed by atoms with Crippen LogP contribution in [0.2, 0.25) is 0 Å². The van der Waals surface area contributed by atoms with Crippen molar-refractivity contribution in [3.05, 3.63) is 12.2 Å². The van der Waals surface area contributed by atoms with E-state index in [1.807, 2.05) is 0 Å². The fraction of sp³-hybridized carbons (Fsp3) is 0.778. The molecule has 2 rings (SSSR count). The summed E-state index contributed by atoms with van der Waals surface area (Å²) in [7, 11) is 0. The fourth-order valence-electron chi connectivity index (χ4n) is 2.13. The van der Waals surface area contributed by atoms with Gasteiger partial charge in [0.1, 0.15) is 0 Å². The maximum Gasteiger partial charge on any atom is 0.0701 e. The van der Waals surface area contributed by atoms with Crippen LogP contribution in [0.25, 0.3) is 0 Å². The highest BCUT2D eigenvalue weighted by atomic mass is 16.5. The topological polar surface area (TPSA) is 29.5 Å². The van der Waals surface area contributed by atoms with Crippen molar-refractivity contribution in [3.63, 3.8) is 0 Å². The van der Waals surface area contributed by atoms with Crippen molar-refractivity contribution >= 4 is 0 Å². The van der Waals surface area contributed by atoms with E-state index < -0.39 is 0 Å². The van der Waals surface area contributed by atoms with Crippen molar-refractivity contribution in [2.24, 2.45) is 11.8 Å². The summed E-state index contributed by atoms with van der Waals surface area (Å²) in [6.45, 7) is 0.652. The first kappa shape index (κ1) is 7.32.